The largest absolute Gasteiger partial charge is 0.359 e. The fraction of sp³-hybridized carbons (Fsp3) is 0.412. The molecule has 1 aliphatic heterocycles. The van der Waals surface area contributed by atoms with Crippen LogP contribution in [-0.4, -0.2) is 22.6 Å². The molecule has 1 aromatic heterocycles. The van der Waals surface area contributed by atoms with Gasteiger partial charge in [-0.3, -0.25) is 0 Å². The van der Waals surface area contributed by atoms with Crippen LogP contribution >= 0.6 is 11.6 Å². The number of hydrogen-bond acceptors (Lipinski definition) is 3. The Morgan fingerprint density at radius 2 is 2.30 bits per heavy atom. The molecule has 3 rings (SSSR count). The molecule has 2 heterocycles. The van der Waals surface area contributed by atoms with Crippen LogP contribution < -0.4 is 5.32 Å². The maximum Gasteiger partial charge on any atom is 0.322 e. The molecule has 0 bridgehead atoms. The van der Waals surface area contributed by atoms with E-state index in [0.717, 1.165) is 36.3 Å². The summed E-state index contributed by atoms with van der Waals surface area (Å²) in [6.45, 7) is 4.67. The number of amides is 2. The van der Waals surface area contributed by atoms with Crippen molar-refractivity contribution in [3.8, 4) is 0 Å². The zero-order valence-electron chi connectivity index (χ0n) is 13.3. The minimum Gasteiger partial charge on any atom is -0.359 e. The van der Waals surface area contributed by atoms with E-state index in [1.807, 2.05) is 32.0 Å². The van der Waals surface area contributed by atoms with Gasteiger partial charge in [0.1, 0.15) is 0 Å². The Morgan fingerprint density at radius 3 is 3.00 bits per heavy atom. The number of aryl methyl sites for hydroxylation is 2. The van der Waals surface area contributed by atoms with Crippen molar-refractivity contribution in [1.29, 1.82) is 0 Å². The summed E-state index contributed by atoms with van der Waals surface area (Å²) < 4.78 is 5.41. The number of carbonyl (C=O) groups is 1. The lowest BCUT2D eigenvalue weighted by molar-refractivity contribution is 0.195. The normalized spacial score (nSPS) is 17.5. The number of nitrogens with zero attached hydrogens (tertiary/aromatic N) is 2. The van der Waals surface area contributed by atoms with Crippen LogP contribution in [0.5, 0.6) is 0 Å². The number of rotatable bonds is 3. The molecule has 122 valence electrons. The van der Waals surface area contributed by atoms with Crippen LogP contribution in [0.15, 0.2) is 28.8 Å². The number of nitrogens with one attached hydrogen (secondary N) is 1. The van der Waals surface area contributed by atoms with Crippen LogP contribution in [0.25, 0.3) is 0 Å². The summed E-state index contributed by atoms with van der Waals surface area (Å²) in [5.41, 5.74) is 2.60. The third kappa shape index (κ3) is 3.34. The molecule has 0 saturated carbocycles. The molecular formula is C17H20ClN3O2. The van der Waals surface area contributed by atoms with E-state index in [-0.39, 0.29) is 12.1 Å². The Balaban J connectivity index is 1.73. The topological polar surface area (TPSA) is 58.4 Å². The average Bonchev–Trinajstić information content (AvgIpc) is 3.18. The minimum atomic E-state index is -0.137. The molecule has 2 aromatic rings. The van der Waals surface area contributed by atoms with Crippen molar-refractivity contribution in [3.63, 3.8) is 0 Å². The lowest BCUT2D eigenvalue weighted by Gasteiger charge is -2.23. The van der Waals surface area contributed by atoms with Gasteiger partial charge in [-0.2, -0.15) is 0 Å². The van der Waals surface area contributed by atoms with Gasteiger partial charge in [0.25, 0.3) is 0 Å². The number of carbonyl (C=O) groups excluding carboxylic acids is 1. The molecule has 1 atom stereocenters. The summed E-state index contributed by atoms with van der Waals surface area (Å²) >= 11 is 6.11. The van der Waals surface area contributed by atoms with Gasteiger partial charge in [-0.15, -0.1) is 0 Å². The number of anilines is 1. The van der Waals surface area contributed by atoms with Crippen molar-refractivity contribution in [2.24, 2.45) is 0 Å². The summed E-state index contributed by atoms with van der Waals surface area (Å²) in [6, 6.07) is 7.27. The van der Waals surface area contributed by atoms with Gasteiger partial charge in [0, 0.05) is 23.3 Å². The zero-order chi connectivity index (χ0) is 16.4. The van der Waals surface area contributed by atoms with Gasteiger partial charge >= 0.3 is 6.03 Å². The first-order valence-corrected chi connectivity index (χ1v) is 8.25. The monoisotopic (exact) mass is 333 g/mol. The van der Waals surface area contributed by atoms with E-state index >= 15 is 0 Å². The second-order valence-electron chi connectivity index (χ2n) is 5.82. The molecule has 0 aliphatic carbocycles. The number of likely N-dealkylation sites (tertiary alicyclic amines) is 1. The van der Waals surface area contributed by atoms with Crippen LogP contribution in [0.3, 0.4) is 0 Å². The molecule has 1 fully saturated rings. The van der Waals surface area contributed by atoms with Crippen molar-refractivity contribution >= 4 is 23.3 Å². The Hall–Kier alpha value is -2.01. The highest BCUT2D eigenvalue weighted by atomic mass is 35.5. The van der Waals surface area contributed by atoms with Crippen molar-refractivity contribution in [1.82, 2.24) is 10.1 Å². The number of benzene rings is 1. The van der Waals surface area contributed by atoms with E-state index in [0.29, 0.717) is 17.3 Å². The molecule has 5 nitrogen and oxygen atoms in total. The molecule has 23 heavy (non-hydrogen) atoms. The summed E-state index contributed by atoms with van der Waals surface area (Å²) in [5, 5.41) is 7.58. The van der Waals surface area contributed by atoms with Crippen molar-refractivity contribution in [2.45, 2.75) is 39.2 Å². The second kappa shape index (κ2) is 6.62. The summed E-state index contributed by atoms with van der Waals surface area (Å²) in [7, 11) is 0. The summed E-state index contributed by atoms with van der Waals surface area (Å²) in [4.78, 5) is 14.4. The smallest absolute Gasteiger partial charge is 0.322 e. The minimum absolute atomic E-state index is 0.0521. The number of urea groups is 1. The highest BCUT2D eigenvalue weighted by Crippen LogP contribution is 2.33. The van der Waals surface area contributed by atoms with Crippen LogP contribution in [0, 0.1) is 6.92 Å². The molecule has 1 saturated heterocycles. The van der Waals surface area contributed by atoms with E-state index < -0.39 is 0 Å². The number of halogens is 1. The lowest BCUT2D eigenvalue weighted by atomic mass is 10.1. The van der Waals surface area contributed by atoms with E-state index in [4.69, 9.17) is 16.1 Å². The molecule has 1 aliphatic rings. The molecule has 0 radical (unpaired) electrons. The first-order chi connectivity index (χ1) is 11.1. The van der Waals surface area contributed by atoms with Gasteiger partial charge < -0.3 is 14.7 Å². The highest BCUT2D eigenvalue weighted by Gasteiger charge is 2.32. The van der Waals surface area contributed by atoms with Crippen molar-refractivity contribution in [2.75, 3.05) is 11.9 Å². The predicted octanol–water partition coefficient (Wildman–Crippen LogP) is 4.57. The quantitative estimate of drug-likeness (QED) is 0.895. The molecule has 2 amide bonds. The maximum atomic E-state index is 12.6. The molecular weight excluding hydrogens is 314 g/mol. The average molecular weight is 334 g/mol. The molecule has 0 spiro atoms. The third-order valence-corrected chi connectivity index (χ3v) is 4.61. The summed E-state index contributed by atoms with van der Waals surface area (Å²) in [5.74, 6) is 0.761. The second-order valence-corrected chi connectivity index (χ2v) is 6.23. The molecule has 1 unspecified atom stereocenters. The fourth-order valence-corrected chi connectivity index (χ4v) is 3.00. The number of aromatic nitrogens is 1. The SMILES string of the molecule is CCc1cc(C2CCCN2C(=O)Nc2ccc(C)c(Cl)c2)on1. The summed E-state index contributed by atoms with van der Waals surface area (Å²) in [6.07, 6.45) is 2.67. The fourth-order valence-electron chi connectivity index (χ4n) is 2.82. The van der Waals surface area contributed by atoms with Crippen LogP contribution in [0.4, 0.5) is 10.5 Å². The maximum absolute atomic E-state index is 12.6. The van der Waals surface area contributed by atoms with Crippen molar-refractivity contribution in [3.05, 3.63) is 46.3 Å². The Kier molecular flexibility index (Phi) is 4.57. The van der Waals surface area contributed by atoms with Gasteiger partial charge in [0.2, 0.25) is 0 Å². The molecule has 6 heteroatoms. The Bertz CT molecular complexity index is 714. The van der Waals surface area contributed by atoms with Gasteiger partial charge in [0.05, 0.1) is 11.7 Å². The Morgan fingerprint density at radius 1 is 1.48 bits per heavy atom. The van der Waals surface area contributed by atoms with Gasteiger partial charge in [0.15, 0.2) is 5.76 Å². The van der Waals surface area contributed by atoms with E-state index in [1.54, 1.807) is 11.0 Å². The van der Waals surface area contributed by atoms with Gasteiger partial charge in [-0.25, -0.2) is 4.79 Å². The predicted molar refractivity (Wildman–Crippen MR) is 89.8 cm³/mol. The van der Waals surface area contributed by atoms with Crippen LogP contribution in [0.1, 0.15) is 42.8 Å². The lowest BCUT2D eigenvalue weighted by Crippen LogP contribution is -2.34. The highest BCUT2D eigenvalue weighted by molar-refractivity contribution is 6.31. The van der Waals surface area contributed by atoms with Crippen LogP contribution in [-0.2, 0) is 6.42 Å². The van der Waals surface area contributed by atoms with Crippen LogP contribution in [0.2, 0.25) is 5.02 Å². The van der Waals surface area contributed by atoms with E-state index in [2.05, 4.69) is 10.5 Å². The standard InChI is InChI=1S/C17H20ClN3O2/c1-3-12-10-16(23-20-12)15-5-4-8-21(15)17(22)19-13-7-6-11(2)14(18)9-13/h6-7,9-10,15H,3-5,8H2,1-2H3,(H,19,22). The van der Waals surface area contributed by atoms with E-state index in [9.17, 15) is 4.79 Å². The van der Waals surface area contributed by atoms with Crippen molar-refractivity contribution < 1.29 is 9.32 Å². The number of hydrogen-bond donors (Lipinski definition) is 1. The third-order valence-electron chi connectivity index (χ3n) is 4.20. The first kappa shape index (κ1) is 15.9. The zero-order valence-corrected chi connectivity index (χ0v) is 14.1. The Labute approximate surface area is 140 Å². The van der Waals surface area contributed by atoms with Gasteiger partial charge in [-0.1, -0.05) is 29.7 Å². The molecule has 1 N–H and O–H groups in total. The first-order valence-electron chi connectivity index (χ1n) is 7.87. The van der Waals surface area contributed by atoms with Gasteiger partial charge in [-0.05, 0) is 43.9 Å². The molecule has 1 aromatic carbocycles. The van der Waals surface area contributed by atoms with E-state index in [1.165, 1.54) is 0 Å².